The molecule has 0 spiro atoms. The van der Waals surface area contributed by atoms with Crippen LogP contribution in [0, 0.1) is 11.3 Å². The van der Waals surface area contributed by atoms with Gasteiger partial charge in [-0.2, -0.15) is 5.10 Å². The van der Waals surface area contributed by atoms with Crippen LogP contribution in [-0.4, -0.2) is 61.9 Å². The first kappa shape index (κ1) is 24.2. The monoisotopic (exact) mass is 489 g/mol. The molecule has 34 heavy (non-hydrogen) atoms. The Morgan fingerprint density at radius 1 is 1.29 bits per heavy atom. The number of aryl methyl sites for hydroxylation is 1. The fourth-order valence-corrected chi connectivity index (χ4v) is 6.27. The summed E-state index contributed by atoms with van der Waals surface area (Å²) in [5, 5.41) is 17.9. The molecule has 1 aromatic heterocycles. The molecular weight excluding hydrogens is 458 g/mol. The lowest BCUT2D eigenvalue weighted by atomic mass is 9.92. The van der Waals surface area contributed by atoms with E-state index in [4.69, 9.17) is 14.9 Å². The van der Waals surface area contributed by atoms with Crippen LogP contribution in [0.15, 0.2) is 29.3 Å². The van der Waals surface area contributed by atoms with Crippen molar-refractivity contribution in [1.29, 1.82) is 5.41 Å². The van der Waals surface area contributed by atoms with Gasteiger partial charge in [0.1, 0.15) is 16.7 Å². The van der Waals surface area contributed by atoms with Crippen LogP contribution in [0.25, 0.3) is 0 Å². The summed E-state index contributed by atoms with van der Waals surface area (Å²) in [6.07, 6.45) is 6.17. The largest absolute Gasteiger partial charge is 0.495 e. The smallest absolute Gasteiger partial charge is 0.248 e. The molecular formula is C23H31N5O5S. The number of methoxy groups -OCH3 is 1. The van der Waals surface area contributed by atoms with Crippen LogP contribution in [0.5, 0.6) is 5.75 Å². The Hall–Kier alpha value is -2.92. The second kappa shape index (κ2) is 10.1. The summed E-state index contributed by atoms with van der Waals surface area (Å²) in [7, 11) is -0.469. The quantitative estimate of drug-likeness (QED) is 0.437. The van der Waals surface area contributed by atoms with Crippen molar-refractivity contribution < 1.29 is 22.7 Å². The van der Waals surface area contributed by atoms with E-state index in [9.17, 15) is 13.2 Å². The summed E-state index contributed by atoms with van der Waals surface area (Å²) in [4.78, 5) is 13.3. The minimum absolute atomic E-state index is 0.00690. The second-order valence-corrected chi connectivity index (χ2v) is 11.0. The zero-order valence-electron chi connectivity index (χ0n) is 19.4. The lowest BCUT2D eigenvalue weighted by molar-refractivity contribution is -0.117. The molecule has 10 nitrogen and oxygen atoms in total. The fourth-order valence-electron chi connectivity index (χ4n) is 4.28. The predicted octanol–water partition coefficient (Wildman–Crippen LogP) is 2.60. The average molecular weight is 490 g/mol. The molecule has 2 heterocycles. The predicted molar refractivity (Wildman–Crippen MR) is 128 cm³/mol. The van der Waals surface area contributed by atoms with Gasteiger partial charge >= 0.3 is 0 Å². The molecule has 2 aliphatic rings. The number of sulfone groups is 1. The van der Waals surface area contributed by atoms with Crippen LogP contribution < -0.4 is 15.4 Å². The lowest BCUT2D eigenvalue weighted by Crippen LogP contribution is -2.38. The summed E-state index contributed by atoms with van der Waals surface area (Å²) in [6.45, 7) is 1.30. The number of hydrogen-bond acceptors (Lipinski definition) is 8. The van der Waals surface area contributed by atoms with Gasteiger partial charge in [-0.1, -0.05) is 0 Å². The summed E-state index contributed by atoms with van der Waals surface area (Å²) >= 11 is 0. The maximum Gasteiger partial charge on any atom is 0.248 e. The van der Waals surface area contributed by atoms with Gasteiger partial charge in [-0.05, 0) is 50.2 Å². The van der Waals surface area contributed by atoms with Gasteiger partial charge in [0.25, 0.3) is 0 Å². The van der Waals surface area contributed by atoms with Gasteiger partial charge in [-0.15, -0.1) is 0 Å². The van der Waals surface area contributed by atoms with Crippen LogP contribution in [0.2, 0.25) is 0 Å². The summed E-state index contributed by atoms with van der Waals surface area (Å²) in [5.41, 5.74) is 0.608. The molecule has 184 valence electrons. The van der Waals surface area contributed by atoms with Crippen LogP contribution in [-0.2, 0) is 26.4 Å². The first-order valence-corrected chi connectivity index (χ1v) is 13.0. The van der Waals surface area contributed by atoms with E-state index in [1.165, 1.54) is 7.11 Å². The fraction of sp³-hybridized carbons (Fsp3) is 0.522. The van der Waals surface area contributed by atoms with Crippen LogP contribution in [0.4, 0.5) is 11.5 Å². The molecule has 1 saturated heterocycles. The van der Waals surface area contributed by atoms with E-state index in [1.54, 1.807) is 36.1 Å². The van der Waals surface area contributed by atoms with Crippen LogP contribution in [0.3, 0.4) is 0 Å². The van der Waals surface area contributed by atoms with Crippen LogP contribution in [0.1, 0.15) is 37.7 Å². The minimum atomic E-state index is -3.65. The highest BCUT2D eigenvalue weighted by molar-refractivity contribution is 7.92. The molecule has 2 aromatic rings. The molecule has 1 aliphatic carbocycles. The van der Waals surface area contributed by atoms with Gasteiger partial charge in [0.15, 0.2) is 15.7 Å². The van der Waals surface area contributed by atoms with Crippen molar-refractivity contribution in [2.24, 2.45) is 13.0 Å². The number of rotatable bonds is 10. The molecule has 1 amide bonds. The van der Waals surface area contributed by atoms with Crippen molar-refractivity contribution in [3.63, 3.8) is 0 Å². The molecule has 1 aromatic carbocycles. The Labute approximate surface area is 199 Å². The molecule has 0 bridgehead atoms. The first-order valence-electron chi connectivity index (χ1n) is 11.4. The van der Waals surface area contributed by atoms with Gasteiger partial charge in [0.2, 0.25) is 5.91 Å². The number of amides is 1. The summed E-state index contributed by atoms with van der Waals surface area (Å²) < 4.78 is 38.7. The highest BCUT2D eigenvalue weighted by atomic mass is 32.2. The van der Waals surface area contributed by atoms with Crippen molar-refractivity contribution in [1.82, 2.24) is 9.78 Å². The summed E-state index contributed by atoms with van der Waals surface area (Å²) in [6, 6.07) is 4.29. The minimum Gasteiger partial charge on any atom is -0.495 e. The highest BCUT2D eigenvalue weighted by Gasteiger charge is 2.40. The van der Waals surface area contributed by atoms with E-state index in [2.05, 4.69) is 15.7 Å². The van der Waals surface area contributed by atoms with E-state index in [0.29, 0.717) is 44.0 Å². The molecule has 11 heteroatoms. The maximum atomic E-state index is 13.3. The third-order valence-corrected chi connectivity index (χ3v) is 8.63. The topological polar surface area (TPSA) is 135 Å². The van der Waals surface area contributed by atoms with E-state index < -0.39 is 21.1 Å². The Balaban J connectivity index is 1.66. The molecule has 1 atom stereocenters. The number of nitrogens with one attached hydrogen (secondary N) is 3. The maximum absolute atomic E-state index is 13.3. The molecule has 1 saturated carbocycles. The van der Waals surface area contributed by atoms with Gasteiger partial charge in [0, 0.05) is 50.0 Å². The highest BCUT2D eigenvalue weighted by Crippen LogP contribution is 2.41. The van der Waals surface area contributed by atoms with Gasteiger partial charge in [-0.3, -0.25) is 9.48 Å². The average Bonchev–Trinajstić information content (AvgIpc) is 3.62. The van der Waals surface area contributed by atoms with Crippen molar-refractivity contribution in [3.8, 4) is 5.75 Å². The zero-order chi connectivity index (χ0) is 24.3. The number of anilines is 2. The third-order valence-electron chi connectivity index (χ3n) is 6.29. The van der Waals surface area contributed by atoms with Crippen molar-refractivity contribution in [3.05, 3.63) is 30.0 Å². The third kappa shape index (κ3) is 5.25. The number of carbonyl (C=O) groups is 1. The molecule has 3 N–H and O–H groups in total. The number of hydrogen-bond donors (Lipinski definition) is 3. The Bertz CT molecular complexity index is 1150. The Morgan fingerprint density at radius 2 is 2.03 bits per heavy atom. The number of nitrogens with zero attached hydrogens (tertiary/aromatic N) is 2. The van der Waals surface area contributed by atoms with Gasteiger partial charge in [0.05, 0.1) is 12.4 Å². The Kier molecular flexibility index (Phi) is 7.22. The first-order chi connectivity index (χ1) is 16.3. The molecule has 0 unspecified atom stereocenters. The van der Waals surface area contributed by atoms with E-state index in [1.807, 2.05) is 0 Å². The van der Waals surface area contributed by atoms with Crippen molar-refractivity contribution in [2.45, 2.75) is 48.3 Å². The van der Waals surface area contributed by atoms with Crippen molar-refractivity contribution >= 4 is 33.5 Å². The van der Waals surface area contributed by atoms with E-state index in [-0.39, 0.29) is 28.0 Å². The van der Waals surface area contributed by atoms with Gasteiger partial charge < -0.3 is 25.5 Å². The summed E-state index contributed by atoms with van der Waals surface area (Å²) in [5.74, 6) is 0.640. The Morgan fingerprint density at radius 3 is 2.62 bits per heavy atom. The van der Waals surface area contributed by atoms with E-state index in [0.717, 1.165) is 19.1 Å². The second-order valence-electron chi connectivity index (χ2n) is 8.80. The number of ether oxygens (including phenoxy) is 2. The zero-order valence-corrected chi connectivity index (χ0v) is 20.2. The molecule has 2 fully saturated rings. The number of benzene rings is 1. The normalized spacial score (nSPS) is 17.7. The van der Waals surface area contributed by atoms with E-state index >= 15 is 0 Å². The van der Waals surface area contributed by atoms with Gasteiger partial charge in [-0.25, -0.2) is 8.42 Å². The molecule has 0 radical (unpaired) electrons. The number of aromatic nitrogens is 2. The van der Waals surface area contributed by atoms with Crippen LogP contribution >= 0.6 is 0 Å². The lowest BCUT2D eigenvalue weighted by Gasteiger charge is -2.28. The SMILES string of the molecule is COc1ccc(N[C@@H](CC2CCOCC2)C(=O)Nc2ccn(C)n2)c(C=N)c1S(=O)(=O)C1CC1. The molecule has 1 aliphatic heterocycles. The standard InChI is InChI=1S/C23H31N5O5S/c1-28-10-7-21(27-28)26-23(29)19(13-15-8-11-33-12-9-15)25-18-5-6-20(32-2)22(17(18)14-24)34(30,31)16-3-4-16/h5-7,10,14-16,19,24-25H,3-4,8-9,11-13H2,1-2H3,(H,26,27,29)/t19-/m0/s1. The number of carbonyl (C=O) groups excluding carboxylic acids is 1. The molecule has 4 rings (SSSR count). The van der Waals surface area contributed by atoms with Crippen molar-refractivity contribution in [2.75, 3.05) is 31.0 Å².